The van der Waals surface area contributed by atoms with E-state index in [4.69, 9.17) is 15.7 Å². The van der Waals surface area contributed by atoms with E-state index in [-0.39, 0.29) is 36.2 Å². The number of aliphatic hydroxyl groups is 1. The Morgan fingerprint density at radius 3 is 2.48 bits per heavy atom. The molecule has 0 spiro atoms. The molecule has 2 aliphatic rings. The van der Waals surface area contributed by atoms with Crippen LogP contribution in [0.2, 0.25) is 0 Å². The van der Waals surface area contributed by atoms with Gasteiger partial charge in [-0.2, -0.15) is 0 Å². The second kappa shape index (κ2) is 7.63. The van der Waals surface area contributed by atoms with Gasteiger partial charge in [0.05, 0.1) is 0 Å². The SMILES string of the molecule is CC(C)(C)OC(=O)N[C@@H](CCCO)C(=O)N1CC2C([C@H]1C(=O)NN)C2(C)C. The van der Waals surface area contributed by atoms with Gasteiger partial charge >= 0.3 is 6.09 Å². The van der Waals surface area contributed by atoms with E-state index in [2.05, 4.69) is 24.6 Å². The summed E-state index contributed by atoms with van der Waals surface area (Å²) in [6, 6.07) is -1.53. The molecular weight excluding hydrogens is 352 g/mol. The lowest BCUT2D eigenvalue weighted by molar-refractivity contribution is -0.142. The fourth-order valence-corrected chi connectivity index (χ4v) is 4.10. The van der Waals surface area contributed by atoms with Gasteiger partial charge in [0, 0.05) is 13.2 Å². The molecule has 2 fully saturated rings. The lowest BCUT2D eigenvalue weighted by Gasteiger charge is -2.33. The van der Waals surface area contributed by atoms with Crippen molar-refractivity contribution < 1.29 is 24.2 Å². The van der Waals surface area contributed by atoms with Gasteiger partial charge in [-0.3, -0.25) is 15.0 Å². The van der Waals surface area contributed by atoms with Crippen molar-refractivity contribution in [1.82, 2.24) is 15.6 Å². The molecule has 4 atom stereocenters. The molecule has 154 valence electrons. The number of nitrogens with zero attached hydrogens (tertiary/aromatic N) is 1. The van der Waals surface area contributed by atoms with Crippen molar-refractivity contribution in [3.63, 3.8) is 0 Å². The molecule has 0 radical (unpaired) electrons. The highest BCUT2D eigenvalue weighted by molar-refractivity contribution is 5.92. The molecule has 1 saturated heterocycles. The zero-order valence-corrected chi connectivity index (χ0v) is 16.7. The van der Waals surface area contributed by atoms with Crippen LogP contribution < -0.4 is 16.6 Å². The molecule has 0 aromatic heterocycles. The Morgan fingerprint density at radius 1 is 1.33 bits per heavy atom. The van der Waals surface area contributed by atoms with Gasteiger partial charge in [-0.25, -0.2) is 10.6 Å². The molecule has 1 aliphatic carbocycles. The number of likely N-dealkylation sites (tertiary alicyclic amines) is 1. The van der Waals surface area contributed by atoms with E-state index >= 15 is 0 Å². The number of piperidine rings is 1. The third-order valence-corrected chi connectivity index (χ3v) is 5.54. The maximum atomic E-state index is 13.1. The first-order valence-electron chi connectivity index (χ1n) is 9.35. The Kier molecular flexibility index (Phi) is 6.06. The third-order valence-electron chi connectivity index (χ3n) is 5.54. The Labute approximate surface area is 159 Å². The van der Waals surface area contributed by atoms with Crippen LogP contribution in [0.25, 0.3) is 0 Å². The normalized spacial score (nSPS) is 26.8. The minimum absolute atomic E-state index is 0.0207. The zero-order chi connectivity index (χ0) is 20.6. The van der Waals surface area contributed by atoms with Gasteiger partial charge in [-0.15, -0.1) is 0 Å². The first kappa shape index (κ1) is 21.4. The number of hydrogen-bond acceptors (Lipinski definition) is 6. The molecule has 1 heterocycles. The van der Waals surface area contributed by atoms with Crippen molar-refractivity contribution in [3.8, 4) is 0 Å². The molecule has 9 heteroatoms. The molecule has 2 rings (SSSR count). The second-order valence-electron chi connectivity index (χ2n) is 8.96. The van der Waals surface area contributed by atoms with Gasteiger partial charge in [0.1, 0.15) is 17.7 Å². The fourth-order valence-electron chi connectivity index (χ4n) is 4.10. The third kappa shape index (κ3) is 4.52. The average Bonchev–Trinajstić information content (AvgIpc) is 2.93. The largest absolute Gasteiger partial charge is 0.444 e. The number of fused-ring (bicyclic) bond motifs is 1. The number of hydrazine groups is 1. The van der Waals surface area contributed by atoms with Gasteiger partial charge in [0.2, 0.25) is 5.91 Å². The predicted molar refractivity (Wildman–Crippen MR) is 98.1 cm³/mol. The van der Waals surface area contributed by atoms with E-state index in [0.29, 0.717) is 13.0 Å². The summed E-state index contributed by atoms with van der Waals surface area (Å²) < 4.78 is 5.24. The number of ether oxygens (including phenoxy) is 1. The monoisotopic (exact) mass is 384 g/mol. The van der Waals surface area contributed by atoms with Gasteiger partial charge in [-0.05, 0) is 50.9 Å². The number of hydrogen-bond donors (Lipinski definition) is 4. The molecule has 3 amide bonds. The minimum atomic E-state index is -0.874. The van der Waals surface area contributed by atoms with Crippen LogP contribution in [-0.2, 0) is 14.3 Å². The van der Waals surface area contributed by atoms with Gasteiger partial charge in [0.25, 0.3) is 5.91 Å². The zero-order valence-electron chi connectivity index (χ0n) is 16.7. The first-order chi connectivity index (χ1) is 12.4. The van der Waals surface area contributed by atoms with E-state index in [0.717, 1.165) is 0 Å². The van der Waals surface area contributed by atoms with Crippen molar-refractivity contribution in [2.24, 2.45) is 23.1 Å². The highest BCUT2D eigenvalue weighted by Crippen LogP contribution is 2.64. The highest BCUT2D eigenvalue weighted by atomic mass is 16.6. The first-order valence-corrected chi connectivity index (χ1v) is 9.35. The number of alkyl carbamates (subject to hydrolysis) is 1. The Hall–Kier alpha value is -1.87. The molecule has 2 unspecified atom stereocenters. The van der Waals surface area contributed by atoms with Crippen LogP contribution in [0.4, 0.5) is 4.79 Å². The molecular formula is C18H32N4O5. The predicted octanol–water partition coefficient (Wildman–Crippen LogP) is 0.125. The van der Waals surface area contributed by atoms with Crippen LogP contribution in [0, 0.1) is 17.3 Å². The van der Waals surface area contributed by atoms with E-state index in [1.54, 1.807) is 20.8 Å². The van der Waals surface area contributed by atoms with E-state index in [9.17, 15) is 14.4 Å². The summed E-state index contributed by atoms with van der Waals surface area (Å²) in [6.07, 6.45) is -0.115. The lowest BCUT2D eigenvalue weighted by atomic mass is 9.99. The Bertz CT molecular complexity index is 601. The maximum Gasteiger partial charge on any atom is 0.408 e. The van der Waals surface area contributed by atoms with Crippen molar-refractivity contribution in [1.29, 1.82) is 0 Å². The minimum Gasteiger partial charge on any atom is -0.444 e. The lowest BCUT2D eigenvalue weighted by Crippen LogP contribution is -2.57. The molecule has 0 aromatic carbocycles. The van der Waals surface area contributed by atoms with E-state index in [1.807, 2.05) is 0 Å². The number of rotatable bonds is 6. The van der Waals surface area contributed by atoms with Crippen LogP contribution in [0.1, 0.15) is 47.5 Å². The fraction of sp³-hybridized carbons (Fsp3) is 0.833. The summed E-state index contributed by atoms with van der Waals surface area (Å²) in [5.41, 5.74) is 1.44. The molecule has 1 saturated carbocycles. The standard InChI is InChI=1S/C18H32N4O5/c1-17(2,3)27-16(26)20-11(7-6-8-23)15(25)22-9-10-12(18(10,4)5)13(22)14(24)21-19/h10-13,23H,6-9,19H2,1-5H3,(H,20,26)(H,21,24)/t10?,11-,12?,13-/m0/s1. The van der Waals surface area contributed by atoms with Gasteiger partial charge in [0.15, 0.2) is 0 Å². The summed E-state index contributed by atoms with van der Waals surface area (Å²) in [5, 5.41) is 11.7. The van der Waals surface area contributed by atoms with Crippen molar-refractivity contribution in [2.45, 2.75) is 65.1 Å². The van der Waals surface area contributed by atoms with Gasteiger partial charge < -0.3 is 20.1 Å². The quantitative estimate of drug-likeness (QED) is 0.292. The number of carbonyl (C=O) groups is 3. The van der Waals surface area contributed by atoms with Crippen molar-refractivity contribution in [3.05, 3.63) is 0 Å². The summed E-state index contributed by atoms with van der Waals surface area (Å²) in [7, 11) is 0. The topological polar surface area (TPSA) is 134 Å². The smallest absolute Gasteiger partial charge is 0.408 e. The average molecular weight is 384 g/mol. The highest BCUT2D eigenvalue weighted by Gasteiger charge is 2.69. The number of nitrogens with two attached hydrogens (primary N) is 1. The number of carbonyl (C=O) groups excluding carboxylic acids is 3. The van der Waals surface area contributed by atoms with Crippen LogP contribution in [-0.4, -0.2) is 58.8 Å². The molecule has 9 nitrogen and oxygen atoms in total. The molecule has 0 bridgehead atoms. The molecule has 27 heavy (non-hydrogen) atoms. The maximum absolute atomic E-state index is 13.1. The van der Waals surface area contributed by atoms with Crippen LogP contribution in [0.15, 0.2) is 0 Å². The van der Waals surface area contributed by atoms with Crippen LogP contribution >= 0.6 is 0 Å². The van der Waals surface area contributed by atoms with Crippen LogP contribution in [0.3, 0.4) is 0 Å². The second-order valence-corrected chi connectivity index (χ2v) is 8.96. The molecule has 1 aliphatic heterocycles. The summed E-state index contributed by atoms with van der Waals surface area (Å²) in [4.78, 5) is 39.1. The van der Waals surface area contributed by atoms with Crippen molar-refractivity contribution in [2.75, 3.05) is 13.2 Å². The Morgan fingerprint density at radius 2 is 1.96 bits per heavy atom. The Balaban J connectivity index is 2.14. The number of nitrogens with one attached hydrogen (secondary N) is 2. The summed E-state index contributed by atoms with van der Waals surface area (Å²) in [6.45, 7) is 9.68. The van der Waals surface area contributed by atoms with Crippen LogP contribution in [0.5, 0.6) is 0 Å². The number of aliphatic hydroxyl groups excluding tert-OH is 1. The summed E-state index contributed by atoms with van der Waals surface area (Å²) >= 11 is 0. The van der Waals surface area contributed by atoms with Crippen molar-refractivity contribution >= 4 is 17.9 Å². The van der Waals surface area contributed by atoms with E-state index in [1.165, 1.54) is 4.90 Å². The van der Waals surface area contributed by atoms with E-state index < -0.39 is 29.7 Å². The van der Waals surface area contributed by atoms with Gasteiger partial charge in [-0.1, -0.05) is 13.8 Å². The molecule has 0 aromatic rings. The summed E-state index contributed by atoms with van der Waals surface area (Å²) in [5.74, 6) is 4.84. The molecule has 5 N–H and O–H groups in total. The number of amides is 3.